The minimum atomic E-state index is -4.46. The summed E-state index contributed by atoms with van der Waals surface area (Å²) >= 11 is 23.5. The molecule has 0 radical (unpaired) electrons. The molecule has 0 saturated heterocycles. The number of nitrogens with two attached hydrogens (primary N) is 4. The van der Waals surface area contributed by atoms with Crippen LogP contribution in [0, 0.1) is 20.2 Å². The topological polar surface area (TPSA) is 367 Å². The van der Waals surface area contributed by atoms with Crippen molar-refractivity contribution in [3.8, 4) is 0 Å². The second-order valence-electron chi connectivity index (χ2n) is 18.0. The lowest BCUT2D eigenvalue weighted by Crippen LogP contribution is -2.31. The number of fused-ring (bicyclic) bond motifs is 4. The molecule has 0 spiro atoms. The van der Waals surface area contributed by atoms with E-state index in [2.05, 4.69) is 9.73 Å². The molecule has 9 rings (SSSR count). The van der Waals surface area contributed by atoms with Crippen molar-refractivity contribution in [3.05, 3.63) is 215 Å². The third-order valence-corrected chi connectivity index (χ3v) is 14.0. The number of pyridine rings is 3. The number of carbonyl (C=O) groups excluding carboxylic acids is 4. The number of halogens is 7. The van der Waals surface area contributed by atoms with E-state index in [1.807, 2.05) is 0 Å². The van der Waals surface area contributed by atoms with Crippen molar-refractivity contribution in [1.29, 1.82) is 0 Å². The molecule has 9 N–H and O–H groups in total. The number of nitrogens with zero attached hydrogens (tertiary/aromatic N) is 5. The highest BCUT2D eigenvalue weighted by molar-refractivity contribution is 6.36. The summed E-state index contributed by atoms with van der Waals surface area (Å²) in [6.45, 7) is 4.52. The molecule has 4 heterocycles. The number of hydrogen-bond donors (Lipinski definition) is 5. The molecule has 0 aliphatic rings. The van der Waals surface area contributed by atoms with Crippen LogP contribution in [0.5, 0.6) is 0 Å². The zero-order valence-electron chi connectivity index (χ0n) is 43.5. The highest BCUT2D eigenvalue weighted by Crippen LogP contribution is 2.35. The molecule has 9 aromatic rings. The Morgan fingerprint density at radius 1 is 0.548 bits per heavy atom. The maximum absolute atomic E-state index is 12.7. The summed E-state index contributed by atoms with van der Waals surface area (Å²) in [5.74, 6) is -2.45. The molecule has 0 aliphatic heterocycles. The van der Waals surface area contributed by atoms with E-state index >= 15 is 0 Å². The average molecular weight is 1240 g/mol. The van der Waals surface area contributed by atoms with Crippen LogP contribution in [-0.4, -0.2) is 47.2 Å². The highest BCUT2D eigenvalue weighted by Gasteiger charge is 2.30. The third-order valence-electron chi connectivity index (χ3n) is 12.8. The van der Waals surface area contributed by atoms with E-state index in [-0.39, 0.29) is 71.0 Å². The Balaban J connectivity index is 0.000000187. The van der Waals surface area contributed by atoms with Crippen LogP contribution in [0.2, 0.25) is 20.1 Å². The largest absolute Gasteiger partial charge is 0.431 e. The van der Waals surface area contributed by atoms with Crippen LogP contribution in [0.4, 0.5) is 35.9 Å². The molecule has 30 heteroatoms. The van der Waals surface area contributed by atoms with Gasteiger partial charge in [-0.15, -0.1) is 0 Å². The van der Waals surface area contributed by atoms with Gasteiger partial charge in [0.05, 0.1) is 71.1 Å². The first kappa shape index (κ1) is 63.6. The van der Waals surface area contributed by atoms with Crippen molar-refractivity contribution in [3.63, 3.8) is 0 Å². The second kappa shape index (κ2) is 26.1. The van der Waals surface area contributed by atoms with Gasteiger partial charge >= 0.3 is 11.8 Å². The first-order chi connectivity index (χ1) is 39.4. The number of nitro groups is 2. The highest BCUT2D eigenvalue weighted by atomic mass is 35.5. The van der Waals surface area contributed by atoms with Crippen LogP contribution < -0.4 is 50.6 Å². The van der Waals surface area contributed by atoms with Gasteiger partial charge in [0.1, 0.15) is 28.2 Å². The molecule has 3 atom stereocenters. The van der Waals surface area contributed by atoms with Crippen LogP contribution in [0.25, 0.3) is 43.1 Å². The van der Waals surface area contributed by atoms with Gasteiger partial charge in [0.25, 0.3) is 28.1 Å². The maximum Gasteiger partial charge on any atom is 0.416 e. The van der Waals surface area contributed by atoms with E-state index in [0.29, 0.717) is 32.4 Å². The fourth-order valence-electron chi connectivity index (χ4n) is 8.11. The minimum absolute atomic E-state index is 0.00176. The number of hydrogen-bond acceptors (Lipinski definition) is 14. The summed E-state index contributed by atoms with van der Waals surface area (Å²) in [7, 11) is 0. The molecule has 0 bridgehead atoms. The number of aromatic nitrogens is 3. The molecule has 436 valence electrons. The number of rotatable bonds is 11. The Labute approximate surface area is 488 Å². The molecular formula is C54H43Cl4F3N10O13. The van der Waals surface area contributed by atoms with Crippen LogP contribution in [0.15, 0.2) is 146 Å². The summed E-state index contributed by atoms with van der Waals surface area (Å²) in [6.07, 6.45) is 0.614. The van der Waals surface area contributed by atoms with Gasteiger partial charge in [-0.1, -0.05) is 58.5 Å². The molecule has 5 aromatic carbocycles. The summed E-state index contributed by atoms with van der Waals surface area (Å²) in [5.41, 5.74) is 19.0. The minimum Gasteiger partial charge on any atom is -0.431 e. The number of nitro benzene ring substituents is 2. The van der Waals surface area contributed by atoms with Crippen molar-refractivity contribution in [2.45, 2.75) is 51.5 Å². The third kappa shape index (κ3) is 13.8. The van der Waals surface area contributed by atoms with Gasteiger partial charge in [0.2, 0.25) is 23.6 Å². The van der Waals surface area contributed by atoms with E-state index < -0.39 is 80.1 Å². The molecule has 4 aromatic heterocycles. The molecule has 84 heavy (non-hydrogen) atoms. The molecule has 0 saturated carbocycles. The van der Waals surface area contributed by atoms with Gasteiger partial charge in [-0.3, -0.25) is 53.8 Å². The van der Waals surface area contributed by atoms with Crippen molar-refractivity contribution >= 4 is 136 Å². The first-order valence-corrected chi connectivity index (χ1v) is 25.5. The van der Waals surface area contributed by atoms with Gasteiger partial charge in [-0.05, 0) is 111 Å². The predicted molar refractivity (Wildman–Crippen MR) is 310 cm³/mol. The van der Waals surface area contributed by atoms with Crippen molar-refractivity contribution in [2.75, 3.05) is 11.1 Å². The number of carbonyl (C=O) groups is 4. The fraction of sp³-hybridized carbons (Fsp3) is 0.148. The monoisotopic (exact) mass is 1240 g/mol. The Kier molecular flexibility index (Phi) is 19.7. The Hall–Kier alpha value is -9.63. The van der Waals surface area contributed by atoms with Gasteiger partial charge in [-0.2, -0.15) is 13.2 Å². The number of amides is 4. The van der Waals surface area contributed by atoms with Crippen LogP contribution in [0.3, 0.4) is 0 Å². The van der Waals surface area contributed by atoms with Crippen LogP contribution in [0.1, 0.15) is 50.0 Å². The lowest BCUT2D eigenvalue weighted by molar-refractivity contribution is -0.383. The summed E-state index contributed by atoms with van der Waals surface area (Å²) < 4.78 is 46.2. The normalized spacial score (nSPS) is 12.1. The van der Waals surface area contributed by atoms with Crippen LogP contribution in [-0.2, 0) is 31.8 Å². The van der Waals surface area contributed by atoms with E-state index in [1.54, 1.807) is 25.1 Å². The molecule has 4 amide bonds. The zero-order chi connectivity index (χ0) is 62.4. The van der Waals surface area contributed by atoms with Gasteiger partial charge in [-0.25, -0.2) is 4.79 Å². The molecule has 0 unspecified atom stereocenters. The van der Waals surface area contributed by atoms with Gasteiger partial charge in [0.15, 0.2) is 0 Å². The zero-order valence-corrected chi connectivity index (χ0v) is 46.5. The van der Waals surface area contributed by atoms with Gasteiger partial charge in [0, 0.05) is 40.1 Å². The van der Waals surface area contributed by atoms with Gasteiger partial charge < -0.3 is 46.4 Å². The fourth-order valence-corrected chi connectivity index (χ4v) is 8.95. The number of anilines is 2. The van der Waals surface area contributed by atoms with E-state index in [9.17, 15) is 71.8 Å². The second-order valence-corrected chi connectivity index (χ2v) is 19.6. The summed E-state index contributed by atoms with van der Waals surface area (Å²) in [5, 5.41) is 27.0. The summed E-state index contributed by atoms with van der Waals surface area (Å²) in [6, 6.07) is 19.1. The SMILES string of the molecule is C[C@@H](C(N)=O)n1ccc2c(N)c(Cl)ccc2c1=O.C[C@@H](C(N)=O)n1ccc2c(NC(=O)Cc3ccc(C(F)(F)F)cc3)c(Cl)ccc2c1=O.C[C@@H](C(N)=O)n1ccc2c([N+](=O)[O-])c(Cl)ccc2c1=O.O=c1occc2c([N+](=O)[O-])c(Cl)ccc12. The Morgan fingerprint density at radius 2 is 0.929 bits per heavy atom. The maximum atomic E-state index is 12.7. The number of primary amides is 3. The number of benzene rings is 5. The Bertz CT molecular complexity index is 4400. The lowest BCUT2D eigenvalue weighted by Gasteiger charge is -2.15. The van der Waals surface area contributed by atoms with Crippen molar-refractivity contribution in [2.24, 2.45) is 17.2 Å². The smallest absolute Gasteiger partial charge is 0.416 e. The molecule has 0 aliphatic carbocycles. The van der Waals surface area contributed by atoms with E-state index in [4.69, 9.17) is 69.3 Å². The first-order valence-electron chi connectivity index (χ1n) is 24.0. The van der Waals surface area contributed by atoms with Crippen LogP contribution >= 0.6 is 46.4 Å². The predicted octanol–water partition coefficient (Wildman–Crippen LogP) is 9.15. The number of nitrogens with one attached hydrogen (secondary N) is 1. The van der Waals surface area contributed by atoms with Crippen molar-refractivity contribution in [1.82, 2.24) is 13.7 Å². The number of alkyl halides is 3. The van der Waals surface area contributed by atoms with Crippen molar-refractivity contribution < 1.29 is 46.6 Å². The molecule has 0 fully saturated rings. The Morgan fingerprint density at radius 3 is 1.37 bits per heavy atom. The lowest BCUT2D eigenvalue weighted by atomic mass is 10.1. The quantitative estimate of drug-likeness (QED) is 0.0458. The molecular weight excluding hydrogens is 1200 g/mol. The standard InChI is InChI=1S/C21H17ClF3N3O3.C12H10ClN3O4.C12H12ClN3O2.C9H4ClNO4/c1-11(19(26)30)28-9-8-14-15(20(28)31)6-7-16(22)18(14)27-17(29)10-12-2-4-13(5-3-12)21(23,24)25;1-6(11(14)17)15-5-4-7-8(12(15)18)2-3-9(13)10(7)16(19)20;1-6(11(15)17)16-5-4-7-8(12(16)18)2-3-9(13)10(7)14;10-7-2-1-6-5(8(7)11(13)14)3-4-15-9(6)12/h2-9,11H,10H2,1H3,(H2,26,30)(H,27,29);2-6H,1H3,(H2,14,17);2-6H,14H2,1H3,(H2,15,17);1-4H/t11-;2*6-;/m000./s1. The van der Waals surface area contributed by atoms with E-state index in [0.717, 1.165) is 23.0 Å². The number of nitrogen functional groups attached to an aromatic ring is 1. The van der Waals surface area contributed by atoms with E-state index in [1.165, 1.54) is 108 Å². The molecule has 23 nitrogen and oxygen atoms in total. The summed E-state index contributed by atoms with van der Waals surface area (Å²) in [4.78, 5) is 115. The average Bonchev–Trinajstić information content (AvgIpc) is 1.42.